The van der Waals surface area contributed by atoms with Crippen LogP contribution in [0.15, 0.2) is 18.5 Å². The third-order valence-corrected chi connectivity index (χ3v) is 2.63. The number of aryl methyl sites for hydroxylation is 1. The number of nitrogens with zero attached hydrogens (tertiary/aromatic N) is 1. The second-order valence-corrected chi connectivity index (χ2v) is 4.20. The first-order chi connectivity index (χ1) is 7.47. The summed E-state index contributed by atoms with van der Waals surface area (Å²) in [6.45, 7) is 5.94. The predicted octanol–water partition coefficient (Wildman–Crippen LogP) is 1.43. The summed E-state index contributed by atoms with van der Waals surface area (Å²) in [5.74, 6) is -0.119. The van der Waals surface area contributed by atoms with Crippen LogP contribution in [0.2, 0.25) is 0 Å². The van der Waals surface area contributed by atoms with Gasteiger partial charge < -0.3 is 10.1 Å². The van der Waals surface area contributed by atoms with E-state index in [2.05, 4.69) is 10.3 Å². The average Bonchev–Trinajstić information content (AvgIpc) is 2.27. The van der Waals surface area contributed by atoms with E-state index in [4.69, 9.17) is 4.74 Å². The van der Waals surface area contributed by atoms with E-state index in [-0.39, 0.29) is 5.91 Å². The maximum atomic E-state index is 11.7. The monoisotopic (exact) mass is 222 g/mol. The summed E-state index contributed by atoms with van der Waals surface area (Å²) in [4.78, 5) is 15.7. The molecule has 0 bridgehead atoms. The van der Waals surface area contributed by atoms with Gasteiger partial charge in [0, 0.05) is 26.0 Å². The van der Waals surface area contributed by atoms with Crippen LogP contribution in [0.3, 0.4) is 0 Å². The third kappa shape index (κ3) is 3.03. The number of carbonyl (C=O) groups is 1. The summed E-state index contributed by atoms with van der Waals surface area (Å²) in [5.41, 5.74) is 1.34. The summed E-state index contributed by atoms with van der Waals surface area (Å²) in [6.07, 6.45) is 3.50. The van der Waals surface area contributed by atoms with Gasteiger partial charge in [-0.3, -0.25) is 9.78 Å². The molecule has 0 radical (unpaired) electrons. The van der Waals surface area contributed by atoms with Crippen LogP contribution in [0.1, 0.15) is 25.0 Å². The molecule has 88 valence electrons. The maximum absolute atomic E-state index is 11.7. The van der Waals surface area contributed by atoms with Gasteiger partial charge in [-0.25, -0.2) is 0 Å². The summed E-state index contributed by atoms with van der Waals surface area (Å²) in [6, 6.07) is 1.90. The van der Waals surface area contributed by atoms with E-state index >= 15 is 0 Å². The third-order valence-electron chi connectivity index (χ3n) is 2.63. The summed E-state index contributed by atoms with van der Waals surface area (Å²) < 4.78 is 5.09. The highest BCUT2D eigenvalue weighted by Crippen LogP contribution is 2.09. The Morgan fingerprint density at radius 1 is 1.56 bits per heavy atom. The quantitative estimate of drug-likeness (QED) is 0.838. The number of carbonyl (C=O) groups excluding carboxylic acids is 1. The number of nitrogens with one attached hydrogen (secondary N) is 1. The molecule has 4 nitrogen and oxygen atoms in total. The molecule has 0 unspecified atom stereocenters. The molecule has 1 aromatic rings. The zero-order valence-corrected chi connectivity index (χ0v) is 10.2. The first-order valence-corrected chi connectivity index (χ1v) is 5.20. The van der Waals surface area contributed by atoms with Crippen molar-refractivity contribution in [2.45, 2.75) is 32.9 Å². The van der Waals surface area contributed by atoms with Crippen LogP contribution in [0.25, 0.3) is 0 Å². The number of rotatable bonds is 4. The number of ether oxygens (including phenoxy) is 1. The number of pyridine rings is 1. The van der Waals surface area contributed by atoms with Crippen molar-refractivity contribution in [1.29, 1.82) is 0 Å². The molecule has 1 heterocycles. The van der Waals surface area contributed by atoms with E-state index < -0.39 is 5.60 Å². The van der Waals surface area contributed by atoms with Gasteiger partial charge in [-0.2, -0.15) is 0 Å². The van der Waals surface area contributed by atoms with E-state index in [9.17, 15) is 4.79 Å². The number of amides is 1. The van der Waals surface area contributed by atoms with Gasteiger partial charge in [-0.15, -0.1) is 0 Å². The van der Waals surface area contributed by atoms with Gasteiger partial charge >= 0.3 is 0 Å². The molecule has 0 saturated heterocycles. The van der Waals surface area contributed by atoms with Crippen LogP contribution in [0.5, 0.6) is 0 Å². The van der Waals surface area contributed by atoms with Crippen LogP contribution in [-0.2, 0) is 16.1 Å². The molecule has 1 rings (SSSR count). The highest BCUT2D eigenvalue weighted by atomic mass is 16.5. The first-order valence-electron chi connectivity index (χ1n) is 5.20. The molecule has 0 atom stereocenters. The fourth-order valence-electron chi connectivity index (χ4n) is 1.18. The standard InChI is InChI=1S/C12H18N2O2/c1-9-7-13-6-5-10(9)8-14-11(15)12(2,3)16-4/h5-7H,8H2,1-4H3,(H,14,15). The van der Waals surface area contributed by atoms with Crippen molar-refractivity contribution in [3.05, 3.63) is 29.6 Å². The Hall–Kier alpha value is -1.42. The Bertz CT molecular complexity index is 375. The lowest BCUT2D eigenvalue weighted by Gasteiger charge is -2.21. The van der Waals surface area contributed by atoms with Gasteiger partial charge in [0.2, 0.25) is 0 Å². The molecule has 0 fully saturated rings. The van der Waals surface area contributed by atoms with Crippen molar-refractivity contribution in [3.63, 3.8) is 0 Å². The lowest BCUT2D eigenvalue weighted by molar-refractivity contribution is -0.139. The molecule has 1 aromatic heterocycles. The largest absolute Gasteiger partial charge is 0.369 e. The van der Waals surface area contributed by atoms with Gasteiger partial charge in [-0.1, -0.05) is 0 Å². The Balaban J connectivity index is 2.59. The highest BCUT2D eigenvalue weighted by Gasteiger charge is 2.26. The van der Waals surface area contributed by atoms with Crippen molar-refractivity contribution >= 4 is 5.91 Å². The van der Waals surface area contributed by atoms with Crippen LogP contribution in [0, 0.1) is 6.92 Å². The Labute approximate surface area is 96.0 Å². The summed E-state index contributed by atoms with van der Waals surface area (Å²) >= 11 is 0. The number of aromatic nitrogens is 1. The Morgan fingerprint density at radius 2 is 2.25 bits per heavy atom. The molecule has 16 heavy (non-hydrogen) atoms. The fourth-order valence-corrected chi connectivity index (χ4v) is 1.18. The molecule has 0 aliphatic rings. The van der Waals surface area contributed by atoms with E-state index in [0.717, 1.165) is 11.1 Å². The van der Waals surface area contributed by atoms with Crippen LogP contribution < -0.4 is 5.32 Å². The summed E-state index contributed by atoms with van der Waals surface area (Å²) in [7, 11) is 1.53. The van der Waals surface area contributed by atoms with E-state index in [0.29, 0.717) is 6.54 Å². The smallest absolute Gasteiger partial charge is 0.251 e. The van der Waals surface area contributed by atoms with Gasteiger partial charge in [0.25, 0.3) is 5.91 Å². The molecule has 1 amide bonds. The fraction of sp³-hybridized carbons (Fsp3) is 0.500. The van der Waals surface area contributed by atoms with Gasteiger partial charge in [0.05, 0.1) is 0 Å². The minimum Gasteiger partial charge on any atom is -0.369 e. The second kappa shape index (κ2) is 5.07. The number of hydrogen-bond donors (Lipinski definition) is 1. The molecule has 0 spiro atoms. The van der Waals surface area contributed by atoms with Crippen molar-refractivity contribution in [2.75, 3.05) is 7.11 Å². The molecular formula is C12H18N2O2. The van der Waals surface area contributed by atoms with E-state index in [1.165, 1.54) is 7.11 Å². The van der Waals surface area contributed by atoms with Crippen LogP contribution in [-0.4, -0.2) is 23.6 Å². The Morgan fingerprint density at radius 3 is 2.81 bits per heavy atom. The SMILES string of the molecule is COC(C)(C)C(=O)NCc1ccncc1C. The van der Waals surface area contributed by atoms with Crippen molar-refractivity contribution < 1.29 is 9.53 Å². The van der Waals surface area contributed by atoms with Crippen LogP contribution in [0.4, 0.5) is 0 Å². The van der Waals surface area contributed by atoms with Gasteiger partial charge in [0.15, 0.2) is 0 Å². The zero-order valence-electron chi connectivity index (χ0n) is 10.2. The molecular weight excluding hydrogens is 204 g/mol. The maximum Gasteiger partial charge on any atom is 0.251 e. The molecule has 0 aromatic carbocycles. The zero-order chi connectivity index (χ0) is 12.2. The number of methoxy groups -OCH3 is 1. The first kappa shape index (κ1) is 12.6. The minimum atomic E-state index is -0.791. The average molecular weight is 222 g/mol. The Kier molecular flexibility index (Phi) is 4.01. The molecule has 0 saturated carbocycles. The van der Waals surface area contributed by atoms with E-state index in [1.807, 2.05) is 13.0 Å². The lowest BCUT2D eigenvalue weighted by atomic mass is 10.1. The molecule has 0 aliphatic carbocycles. The van der Waals surface area contributed by atoms with Gasteiger partial charge in [0.1, 0.15) is 5.60 Å². The number of hydrogen-bond acceptors (Lipinski definition) is 3. The normalized spacial score (nSPS) is 11.2. The topological polar surface area (TPSA) is 51.2 Å². The van der Waals surface area contributed by atoms with Crippen molar-refractivity contribution in [2.24, 2.45) is 0 Å². The highest BCUT2D eigenvalue weighted by molar-refractivity contribution is 5.84. The molecule has 1 N–H and O–H groups in total. The predicted molar refractivity (Wildman–Crippen MR) is 61.9 cm³/mol. The van der Waals surface area contributed by atoms with Crippen molar-refractivity contribution in [1.82, 2.24) is 10.3 Å². The second-order valence-electron chi connectivity index (χ2n) is 4.20. The van der Waals surface area contributed by atoms with Gasteiger partial charge in [-0.05, 0) is 38.0 Å². The van der Waals surface area contributed by atoms with Crippen molar-refractivity contribution in [3.8, 4) is 0 Å². The minimum absolute atomic E-state index is 0.119. The molecule has 0 aliphatic heterocycles. The van der Waals surface area contributed by atoms with E-state index in [1.54, 1.807) is 26.2 Å². The lowest BCUT2D eigenvalue weighted by Crippen LogP contribution is -2.43. The van der Waals surface area contributed by atoms with Crippen LogP contribution >= 0.6 is 0 Å². The summed E-state index contributed by atoms with van der Waals surface area (Å²) in [5, 5.41) is 2.84. The molecule has 4 heteroatoms.